The average Bonchev–Trinajstić information content (AvgIpc) is 2.94. The fourth-order valence-corrected chi connectivity index (χ4v) is 4.54. The van der Waals surface area contributed by atoms with Crippen molar-refractivity contribution in [3.8, 4) is 0 Å². The first-order valence-electron chi connectivity index (χ1n) is 14.4. The summed E-state index contributed by atoms with van der Waals surface area (Å²) in [6.07, 6.45) is -2.18. The summed E-state index contributed by atoms with van der Waals surface area (Å²) in [7, 11) is 0. The van der Waals surface area contributed by atoms with E-state index in [1.54, 1.807) is 0 Å². The number of alkyl halides is 6. The van der Waals surface area contributed by atoms with Crippen LogP contribution < -0.4 is 21.7 Å². The van der Waals surface area contributed by atoms with Crippen LogP contribution in [0.25, 0.3) is 10.9 Å². The van der Waals surface area contributed by atoms with Crippen molar-refractivity contribution in [2.45, 2.75) is 103 Å². The minimum absolute atomic E-state index is 0.0231. The van der Waals surface area contributed by atoms with Crippen molar-refractivity contribution in [1.29, 1.82) is 5.41 Å². The van der Waals surface area contributed by atoms with E-state index in [1.165, 1.54) is 0 Å². The Hall–Kier alpha value is -4.38. The van der Waals surface area contributed by atoms with Gasteiger partial charge in [0.25, 0.3) is 5.91 Å². The fourth-order valence-electron chi connectivity index (χ4n) is 4.54. The van der Waals surface area contributed by atoms with Crippen LogP contribution in [-0.2, 0) is 9.59 Å². The molecule has 1 saturated carbocycles. The number of hydrogen-bond donors (Lipinski definition) is 7. The van der Waals surface area contributed by atoms with E-state index in [0.717, 1.165) is 67.8 Å². The van der Waals surface area contributed by atoms with Crippen molar-refractivity contribution in [3.05, 3.63) is 29.6 Å². The number of hydrogen-bond acceptors (Lipinski definition) is 7. The number of aryl methyl sites for hydroxylation is 1. The number of anilines is 1. The van der Waals surface area contributed by atoms with Gasteiger partial charge in [-0.05, 0) is 44.7 Å². The Bertz CT molecular complexity index is 1310. The second kappa shape index (κ2) is 17.9. The number of amides is 1. The lowest BCUT2D eigenvalue weighted by molar-refractivity contribution is -0.193. The number of carboxylic acids is 2. The number of aliphatic carboxylic acids is 2. The van der Waals surface area contributed by atoms with Gasteiger partial charge in [-0.1, -0.05) is 51.2 Å². The van der Waals surface area contributed by atoms with E-state index in [2.05, 4.69) is 39.8 Å². The molecule has 1 amide bonds. The summed E-state index contributed by atoms with van der Waals surface area (Å²) in [6, 6.07) is 6.23. The molecule has 2 unspecified atom stereocenters. The van der Waals surface area contributed by atoms with Crippen molar-refractivity contribution in [2.24, 2.45) is 5.73 Å². The molecule has 1 aromatic carbocycles. The minimum Gasteiger partial charge on any atom is -0.475 e. The number of halogens is 6. The van der Waals surface area contributed by atoms with E-state index in [9.17, 15) is 31.1 Å². The molecular formula is C28H39F6N7O5. The highest BCUT2D eigenvalue weighted by Crippen LogP contribution is 2.27. The van der Waals surface area contributed by atoms with Crippen LogP contribution in [-0.4, -0.2) is 74.5 Å². The number of carbonyl (C=O) groups is 3. The smallest absolute Gasteiger partial charge is 0.475 e. The van der Waals surface area contributed by atoms with E-state index in [1.807, 2.05) is 25.1 Å². The van der Waals surface area contributed by atoms with Crippen LogP contribution in [0.2, 0.25) is 0 Å². The molecule has 1 aromatic heterocycles. The van der Waals surface area contributed by atoms with Gasteiger partial charge in [-0.15, -0.1) is 0 Å². The Morgan fingerprint density at radius 3 is 1.91 bits per heavy atom. The number of guanidine groups is 1. The van der Waals surface area contributed by atoms with Crippen molar-refractivity contribution in [1.82, 2.24) is 20.6 Å². The number of carbonyl (C=O) groups excluding carboxylic acids is 1. The van der Waals surface area contributed by atoms with Crippen molar-refractivity contribution in [2.75, 3.05) is 5.32 Å². The number of fused-ring (bicyclic) bond motifs is 1. The highest BCUT2D eigenvalue weighted by molar-refractivity contribution is 5.96. The second-order valence-corrected chi connectivity index (χ2v) is 10.5. The van der Waals surface area contributed by atoms with Gasteiger partial charge in [0, 0.05) is 23.5 Å². The van der Waals surface area contributed by atoms with Crippen LogP contribution in [0.15, 0.2) is 18.2 Å². The van der Waals surface area contributed by atoms with Crippen LogP contribution >= 0.6 is 0 Å². The van der Waals surface area contributed by atoms with E-state index in [-0.39, 0.29) is 35.8 Å². The fraction of sp³-hybridized carbons (Fsp3) is 0.571. The normalized spacial score (nSPS) is 16.3. The molecule has 0 bridgehead atoms. The van der Waals surface area contributed by atoms with Crippen molar-refractivity contribution >= 4 is 40.5 Å². The van der Waals surface area contributed by atoms with E-state index < -0.39 is 24.3 Å². The van der Waals surface area contributed by atoms with Crippen molar-refractivity contribution in [3.63, 3.8) is 0 Å². The van der Waals surface area contributed by atoms with Crippen LogP contribution in [0.3, 0.4) is 0 Å². The molecular weight excluding hydrogens is 628 g/mol. The summed E-state index contributed by atoms with van der Waals surface area (Å²) < 4.78 is 63.5. The monoisotopic (exact) mass is 667 g/mol. The first kappa shape index (κ1) is 39.6. The molecule has 0 spiro atoms. The third-order valence-electron chi connectivity index (χ3n) is 6.58. The summed E-state index contributed by atoms with van der Waals surface area (Å²) in [5.74, 6) is -4.92. The van der Waals surface area contributed by atoms with E-state index in [4.69, 9.17) is 30.9 Å². The maximum absolute atomic E-state index is 13.0. The molecule has 8 N–H and O–H groups in total. The van der Waals surface area contributed by atoms with E-state index in [0.29, 0.717) is 5.82 Å². The second-order valence-electron chi connectivity index (χ2n) is 10.5. The highest BCUT2D eigenvalue weighted by atomic mass is 19.4. The third kappa shape index (κ3) is 13.7. The van der Waals surface area contributed by atoms with Crippen LogP contribution in [0.4, 0.5) is 32.2 Å². The van der Waals surface area contributed by atoms with Gasteiger partial charge < -0.3 is 31.9 Å². The molecule has 3 rings (SSSR count). The third-order valence-corrected chi connectivity index (χ3v) is 6.58. The lowest BCUT2D eigenvalue weighted by atomic mass is 9.90. The number of nitrogens with two attached hydrogens (primary N) is 1. The molecule has 46 heavy (non-hydrogen) atoms. The zero-order valence-corrected chi connectivity index (χ0v) is 25.5. The molecule has 1 fully saturated rings. The summed E-state index contributed by atoms with van der Waals surface area (Å²) in [5.41, 5.74) is 7.46. The van der Waals surface area contributed by atoms with Gasteiger partial charge in [0.15, 0.2) is 5.96 Å². The number of nitrogens with one attached hydrogen (secondary N) is 4. The largest absolute Gasteiger partial charge is 0.490 e. The number of carboxylic acid groups (broad SMARTS) is 2. The Labute approximate surface area is 261 Å². The minimum atomic E-state index is -5.08. The number of rotatable bonds is 9. The number of nitrogens with zero attached hydrogens (tertiary/aromatic N) is 2. The Kier molecular flexibility index (Phi) is 15.5. The lowest BCUT2D eigenvalue weighted by Crippen LogP contribution is -2.50. The molecule has 1 aliphatic carbocycles. The van der Waals surface area contributed by atoms with Gasteiger partial charge in [-0.3, -0.25) is 10.2 Å². The molecule has 0 saturated heterocycles. The molecule has 258 valence electrons. The average molecular weight is 668 g/mol. The lowest BCUT2D eigenvalue weighted by Gasteiger charge is -2.33. The molecule has 0 aliphatic heterocycles. The van der Waals surface area contributed by atoms with Crippen LogP contribution in [0.1, 0.15) is 81.4 Å². The summed E-state index contributed by atoms with van der Waals surface area (Å²) in [6.45, 7) is 6.29. The van der Waals surface area contributed by atoms with Gasteiger partial charge >= 0.3 is 24.3 Å². The predicted octanol–water partition coefficient (Wildman–Crippen LogP) is 5.11. The quantitative estimate of drug-likeness (QED) is 0.107. The molecule has 18 heteroatoms. The first-order chi connectivity index (χ1) is 21.3. The molecule has 2 atom stereocenters. The Balaban J connectivity index is 0.000000629. The van der Waals surface area contributed by atoms with Gasteiger partial charge in [0.1, 0.15) is 5.82 Å². The topological polar surface area (TPSA) is 203 Å². The van der Waals surface area contributed by atoms with E-state index >= 15 is 0 Å². The Morgan fingerprint density at radius 2 is 1.46 bits per heavy atom. The van der Waals surface area contributed by atoms with Gasteiger partial charge in [0.05, 0.1) is 5.52 Å². The van der Waals surface area contributed by atoms with Crippen LogP contribution in [0, 0.1) is 12.3 Å². The molecule has 1 aliphatic rings. The zero-order valence-electron chi connectivity index (χ0n) is 25.5. The number of benzene rings is 1. The molecule has 0 radical (unpaired) electrons. The standard InChI is InChI=1S/C24H37N7O.2C2HF3O2/c1-4-8-16(9-5-2)27-23(32)22-28-18-13-12-15(3)14-17(18)21(31-22)29-19-10-6-7-11-20(19)30-24(25)26;2*3-2(4,5)1(6)7/h12-14,16,19-20H,4-11H2,1-3H3,(H,27,32)(H4,25,26,30)(H,28,29,31);2*(H,6,7). The van der Waals surface area contributed by atoms with Gasteiger partial charge in [-0.25, -0.2) is 19.6 Å². The molecule has 1 heterocycles. The zero-order chi connectivity index (χ0) is 35.2. The van der Waals surface area contributed by atoms with Crippen LogP contribution in [0.5, 0.6) is 0 Å². The SMILES string of the molecule is CCCC(CCC)NC(=O)c1nc(NC2CCCCC2NC(=N)N)c2cc(C)ccc2n1.O=C(O)C(F)(F)F.O=C(O)C(F)(F)F. The summed E-state index contributed by atoms with van der Waals surface area (Å²) >= 11 is 0. The van der Waals surface area contributed by atoms with Gasteiger partial charge in [-0.2, -0.15) is 26.3 Å². The molecule has 12 nitrogen and oxygen atoms in total. The van der Waals surface area contributed by atoms with Crippen molar-refractivity contribution < 1.29 is 50.9 Å². The van der Waals surface area contributed by atoms with Gasteiger partial charge in [0.2, 0.25) is 5.82 Å². The summed E-state index contributed by atoms with van der Waals surface area (Å²) in [4.78, 5) is 40.1. The maximum atomic E-state index is 13.0. The maximum Gasteiger partial charge on any atom is 0.490 e. The predicted molar refractivity (Wildman–Crippen MR) is 157 cm³/mol. The Morgan fingerprint density at radius 1 is 0.957 bits per heavy atom. The number of aromatic nitrogens is 2. The molecule has 2 aromatic rings. The highest BCUT2D eigenvalue weighted by Gasteiger charge is 2.39. The first-order valence-corrected chi connectivity index (χ1v) is 14.4. The summed E-state index contributed by atoms with van der Waals surface area (Å²) in [5, 5.41) is 32.6.